The predicted molar refractivity (Wildman–Crippen MR) is 110 cm³/mol. The Balaban J connectivity index is 1.63. The highest BCUT2D eigenvalue weighted by molar-refractivity contribution is 5.89. The van der Waals surface area contributed by atoms with E-state index in [1.54, 1.807) is 12.1 Å². The van der Waals surface area contributed by atoms with Crippen LogP contribution < -0.4 is 4.74 Å². The Morgan fingerprint density at radius 1 is 1.06 bits per heavy atom. The van der Waals surface area contributed by atoms with Gasteiger partial charge in [0.25, 0.3) is 0 Å². The minimum Gasteiger partial charge on any atom is -0.489 e. The van der Waals surface area contributed by atoms with E-state index in [1.807, 2.05) is 30.3 Å². The third kappa shape index (κ3) is 5.90. The highest BCUT2D eigenvalue weighted by Gasteiger charge is 2.47. The van der Waals surface area contributed by atoms with Crippen molar-refractivity contribution in [3.05, 3.63) is 78.4 Å². The average molecular weight is 430 g/mol. The van der Waals surface area contributed by atoms with Crippen LogP contribution in [0.25, 0.3) is 0 Å². The quantitative estimate of drug-likeness (QED) is 0.404. The van der Waals surface area contributed by atoms with Crippen LogP contribution in [0.5, 0.6) is 5.75 Å². The second-order valence-electron chi connectivity index (χ2n) is 7.00. The van der Waals surface area contributed by atoms with Crippen molar-refractivity contribution < 1.29 is 39.1 Å². The molecular formula is C23H26O8. The van der Waals surface area contributed by atoms with E-state index >= 15 is 0 Å². The van der Waals surface area contributed by atoms with Gasteiger partial charge in [0, 0.05) is 0 Å². The van der Waals surface area contributed by atoms with Gasteiger partial charge in [-0.25, -0.2) is 4.79 Å². The molecule has 0 aromatic heterocycles. The lowest BCUT2D eigenvalue weighted by Gasteiger charge is -2.41. The van der Waals surface area contributed by atoms with E-state index in [0.717, 1.165) is 5.56 Å². The van der Waals surface area contributed by atoms with Gasteiger partial charge in [-0.05, 0) is 29.8 Å². The summed E-state index contributed by atoms with van der Waals surface area (Å²) in [4.78, 5) is 12.6. The molecule has 0 unspecified atom stereocenters. The maximum absolute atomic E-state index is 12.6. The lowest BCUT2D eigenvalue weighted by molar-refractivity contribution is -0.297. The number of hydrogen-bond donors (Lipinski definition) is 3. The maximum atomic E-state index is 12.6. The summed E-state index contributed by atoms with van der Waals surface area (Å²) in [6.07, 6.45) is -5.02. The third-order valence-electron chi connectivity index (χ3n) is 4.78. The number of carbonyl (C=O) groups excluding carboxylic acids is 1. The summed E-state index contributed by atoms with van der Waals surface area (Å²) >= 11 is 0. The van der Waals surface area contributed by atoms with Crippen molar-refractivity contribution >= 4 is 5.97 Å². The zero-order valence-corrected chi connectivity index (χ0v) is 16.9. The first-order valence-corrected chi connectivity index (χ1v) is 9.86. The topological polar surface area (TPSA) is 115 Å². The zero-order chi connectivity index (χ0) is 22.2. The summed E-state index contributed by atoms with van der Waals surface area (Å²) in [6.45, 7) is 3.46. The van der Waals surface area contributed by atoms with Gasteiger partial charge in [-0.15, -0.1) is 6.58 Å². The molecule has 8 nitrogen and oxygen atoms in total. The van der Waals surface area contributed by atoms with Crippen LogP contribution in [0.4, 0.5) is 0 Å². The van der Waals surface area contributed by atoms with Gasteiger partial charge in [0.15, 0.2) is 12.4 Å². The summed E-state index contributed by atoms with van der Waals surface area (Å²) in [6, 6.07) is 16.0. The fourth-order valence-corrected chi connectivity index (χ4v) is 3.10. The van der Waals surface area contributed by atoms with Crippen molar-refractivity contribution in [1.82, 2.24) is 0 Å². The number of carbonyl (C=O) groups is 1. The van der Waals surface area contributed by atoms with Gasteiger partial charge in [-0.2, -0.15) is 0 Å². The van der Waals surface area contributed by atoms with Crippen molar-refractivity contribution in [1.29, 1.82) is 0 Å². The summed E-state index contributed by atoms with van der Waals surface area (Å²) in [5.74, 6) is -0.154. The molecule has 2 aromatic carbocycles. The fraction of sp³-hybridized carbons (Fsp3) is 0.348. The van der Waals surface area contributed by atoms with Gasteiger partial charge < -0.3 is 34.3 Å². The van der Waals surface area contributed by atoms with E-state index in [9.17, 15) is 20.1 Å². The molecule has 0 spiro atoms. The summed E-state index contributed by atoms with van der Waals surface area (Å²) in [5.41, 5.74) is 1.24. The molecule has 8 heteroatoms. The van der Waals surface area contributed by atoms with Crippen LogP contribution in [-0.2, 0) is 20.8 Å². The maximum Gasteiger partial charge on any atom is 0.338 e. The molecule has 0 amide bonds. The number of benzene rings is 2. The van der Waals surface area contributed by atoms with Gasteiger partial charge in [-0.1, -0.05) is 36.4 Å². The smallest absolute Gasteiger partial charge is 0.338 e. The molecule has 0 aliphatic carbocycles. The second-order valence-corrected chi connectivity index (χ2v) is 7.00. The van der Waals surface area contributed by atoms with E-state index in [-0.39, 0.29) is 12.2 Å². The highest BCUT2D eigenvalue weighted by Crippen LogP contribution is 2.26. The Bertz CT molecular complexity index is 838. The van der Waals surface area contributed by atoms with E-state index in [4.69, 9.17) is 18.9 Å². The van der Waals surface area contributed by atoms with E-state index < -0.39 is 43.3 Å². The number of esters is 1. The first kappa shape index (κ1) is 22.9. The molecule has 0 radical (unpaired) electrons. The Morgan fingerprint density at radius 3 is 2.42 bits per heavy atom. The number of aliphatic hydroxyl groups excluding tert-OH is 3. The Labute approximate surface area is 180 Å². The van der Waals surface area contributed by atoms with Gasteiger partial charge >= 0.3 is 5.97 Å². The highest BCUT2D eigenvalue weighted by atomic mass is 16.7. The van der Waals surface area contributed by atoms with E-state index in [1.165, 1.54) is 18.2 Å². The predicted octanol–water partition coefficient (Wildman–Crippen LogP) is 1.43. The first-order chi connectivity index (χ1) is 15.0. The number of ether oxygens (including phenoxy) is 4. The van der Waals surface area contributed by atoms with Crippen molar-refractivity contribution in [2.45, 2.75) is 37.3 Å². The lowest BCUT2D eigenvalue weighted by atomic mass is 9.99. The third-order valence-corrected chi connectivity index (χ3v) is 4.78. The molecule has 31 heavy (non-hydrogen) atoms. The van der Waals surface area contributed by atoms with Crippen molar-refractivity contribution in [3.8, 4) is 5.75 Å². The Kier molecular flexibility index (Phi) is 8.16. The molecule has 0 bridgehead atoms. The summed E-state index contributed by atoms with van der Waals surface area (Å²) < 4.78 is 21.9. The molecule has 1 fully saturated rings. The standard InChI is InChI=1S/C23H26O8/c1-2-12-28-23-21(20(26)19(25)18(13-24)30-23)31-22(27)16-8-10-17(11-9-16)29-14-15-6-4-3-5-7-15/h2-11,18-21,23-26H,1,12-14H2/t18-,19-,20+,21-,23-/m1/s1. The number of rotatable bonds is 9. The monoisotopic (exact) mass is 430 g/mol. The zero-order valence-electron chi connectivity index (χ0n) is 16.9. The molecule has 1 heterocycles. The second kappa shape index (κ2) is 11.0. The van der Waals surface area contributed by atoms with Crippen LogP contribution in [-0.4, -0.2) is 65.2 Å². The van der Waals surface area contributed by atoms with Crippen LogP contribution in [0.1, 0.15) is 15.9 Å². The molecule has 1 saturated heterocycles. The number of aliphatic hydroxyl groups is 3. The Morgan fingerprint density at radius 2 is 1.77 bits per heavy atom. The van der Waals surface area contributed by atoms with Crippen LogP contribution in [0.2, 0.25) is 0 Å². The molecule has 2 aromatic rings. The Hall–Kier alpha value is -2.75. The minimum absolute atomic E-state index is 0.0626. The SMILES string of the molecule is C=CCO[C@@H]1O[C@H](CO)[C@@H](O)[C@H](O)[C@H]1OC(=O)c1ccc(OCc2ccccc2)cc1. The molecule has 1 aliphatic heterocycles. The number of hydrogen-bond acceptors (Lipinski definition) is 8. The van der Waals surface area contributed by atoms with Gasteiger partial charge in [0.2, 0.25) is 0 Å². The minimum atomic E-state index is -1.50. The average Bonchev–Trinajstić information content (AvgIpc) is 2.81. The molecule has 166 valence electrons. The summed E-state index contributed by atoms with van der Waals surface area (Å²) in [5, 5.41) is 29.8. The fourth-order valence-electron chi connectivity index (χ4n) is 3.10. The molecular weight excluding hydrogens is 404 g/mol. The van der Waals surface area contributed by atoms with E-state index in [0.29, 0.717) is 12.4 Å². The largest absolute Gasteiger partial charge is 0.489 e. The van der Waals surface area contributed by atoms with Crippen LogP contribution in [0.3, 0.4) is 0 Å². The van der Waals surface area contributed by atoms with Crippen molar-refractivity contribution in [2.24, 2.45) is 0 Å². The first-order valence-electron chi connectivity index (χ1n) is 9.86. The van der Waals surface area contributed by atoms with Crippen molar-refractivity contribution in [3.63, 3.8) is 0 Å². The molecule has 0 saturated carbocycles. The van der Waals surface area contributed by atoms with Gasteiger partial charge in [-0.3, -0.25) is 0 Å². The molecule has 3 rings (SSSR count). The molecule has 5 atom stereocenters. The van der Waals surface area contributed by atoms with Crippen LogP contribution in [0.15, 0.2) is 67.3 Å². The molecule has 1 aliphatic rings. The lowest BCUT2D eigenvalue weighted by Crippen LogP contribution is -2.60. The van der Waals surface area contributed by atoms with Crippen LogP contribution >= 0.6 is 0 Å². The normalized spacial score (nSPS) is 25.6. The van der Waals surface area contributed by atoms with Crippen molar-refractivity contribution in [2.75, 3.05) is 13.2 Å². The summed E-state index contributed by atoms with van der Waals surface area (Å²) in [7, 11) is 0. The molecule has 3 N–H and O–H groups in total. The van der Waals surface area contributed by atoms with Gasteiger partial charge in [0.1, 0.15) is 30.7 Å². The van der Waals surface area contributed by atoms with Crippen LogP contribution in [0, 0.1) is 0 Å². The van der Waals surface area contributed by atoms with Gasteiger partial charge in [0.05, 0.1) is 18.8 Å². The van der Waals surface area contributed by atoms with E-state index in [2.05, 4.69) is 6.58 Å².